The van der Waals surface area contributed by atoms with Gasteiger partial charge in [-0.2, -0.15) is 0 Å². The molecule has 1 aromatic heterocycles. The van der Waals surface area contributed by atoms with Crippen molar-refractivity contribution >= 4 is 11.6 Å². The number of piperidine rings is 1. The number of nitrogens with one attached hydrogen (secondary N) is 1. The Morgan fingerprint density at radius 1 is 1.32 bits per heavy atom. The third kappa shape index (κ3) is 3.98. The number of rotatable bonds is 3. The number of benzene rings is 1. The maximum atomic E-state index is 13.8. The van der Waals surface area contributed by atoms with E-state index in [0.29, 0.717) is 11.5 Å². The summed E-state index contributed by atoms with van der Waals surface area (Å²) < 4.78 is 13.8. The van der Waals surface area contributed by atoms with Crippen molar-refractivity contribution < 1.29 is 9.18 Å². The van der Waals surface area contributed by atoms with Crippen LogP contribution in [0.1, 0.15) is 25.8 Å². The van der Waals surface area contributed by atoms with Crippen LogP contribution in [0, 0.1) is 18.7 Å². The fourth-order valence-electron chi connectivity index (χ4n) is 3.38. The van der Waals surface area contributed by atoms with Gasteiger partial charge in [-0.3, -0.25) is 9.78 Å². The summed E-state index contributed by atoms with van der Waals surface area (Å²) in [5.74, 6) is 0.179. The van der Waals surface area contributed by atoms with Crippen LogP contribution < -0.4 is 10.2 Å². The molecule has 2 atom stereocenters. The Morgan fingerprint density at radius 3 is 2.80 bits per heavy atom. The molecule has 1 aliphatic heterocycles. The molecule has 1 fully saturated rings. The maximum Gasteiger partial charge on any atom is 0.217 e. The molecular formula is C20H24FN3O. The van der Waals surface area contributed by atoms with Gasteiger partial charge in [0.05, 0.1) is 5.69 Å². The number of anilines is 1. The monoisotopic (exact) mass is 341 g/mol. The van der Waals surface area contributed by atoms with E-state index in [1.165, 1.54) is 6.07 Å². The van der Waals surface area contributed by atoms with Crippen LogP contribution in [0.2, 0.25) is 0 Å². The number of amides is 1. The standard InChI is InChI=1S/C20H24FN3O/c1-13-4-5-16(10-18(13)21)20-11-17(6-8-22-20)24-9-7-19(14(2)12-24)23-15(3)25/h4-6,8,10-11,14,19H,7,9,12H2,1-3H3,(H,23,25). The van der Waals surface area contributed by atoms with Gasteiger partial charge in [0.15, 0.2) is 0 Å². The third-order valence-corrected chi connectivity index (χ3v) is 4.87. The van der Waals surface area contributed by atoms with Crippen molar-refractivity contribution in [3.05, 3.63) is 47.9 Å². The van der Waals surface area contributed by atoms with Gasteiger partial charge in [0.1, 0.15) is 5.82 Å². The van der Waals surface area contributed by atoms with E-state index >= 15 is 0 Å². The van der Waals surface area contributed by atoms with Gasteiger partial charge in [0.25, 0.3) is 0 Å². The zero-order valence-corrected chi connectivity index (χ0v) is 14.9. The predicted octanol–water partition coefficient (Wildman–Crippen LogP) is 3.55. The number of halogens is 1. The first-order valence-electron chi connectivity index (χ1n) is 8.68. The Hall–Kier alpha value is -2.43. The van der Waals surface area contributed by atoms with Crippen molar-refractivity contribution in [1.82, 2.24) is 10.3 Å². The van der Waals surface area contributed by atoms with E-state index in [1.807, 2.05) is 18.2 Å². The van der Waals surface area contributed by atoms with Crippen molar-refractivity contribution in [1.29, 1.82) is 0 Å². The largest absolute Gasteiger partial charge is 0.371 e. The molecule has 3 rings (SSSR count). The van der Waals surface area contributed by atoms with Crippen molar-refractivity contribution in [2.24, 2.45) is 5.92 Å². The first-order valence-corrected chi connectivity index (χ1v) is 8.68. The van der Waals surface area contributed by atoms with Crippen LogP contribution in [-0.4, -0.2) is 30.0 Å². The topological polar surface area (TPSA) is 45.2 Å². The molecular weight excluding hydrogens is 317 g/mol. The molecule has 0 aliphatic carbocycles. The highest BCUT2D eigenvalue weighted by atomic mass is 19.1. The summed E-state index contributed by atoms with van der Waals surface area (Å²) in [6, 6.07) is 9.43. The minimum absolute atomic E-state index is 0.0258. The lowest BCUT2D eigenvalue weighted by Crippen LogP contribution is -2.49. The van der Waals surface area contributed by atoms with E-state index < -0.39 is 0 Å². The summed E-state index contributed by atoms with van der Waals surface area (Å²) in [4.78, 5) is 18.0. The van der Waals surface area contributed by atoms with Crippen molar-refractivity contribution in [3.8, 4) is 11.3 Å². The summed E-state index contributed by atoms with van der Waals surface area (Å²) in [6.07, 6.45) is 2.69. The molecule has 0 radical (unpaired) electrons. The van der Waals surface area contributed by atoms with E-state index in [-0.39, 0.29) is 17.8 Å². The molecule has 25 heavy (non-hydrogen) atoms. The lowest BCUT2D eigenvalue weighted by molar-refractivity contribution is -0.120. The number of hydrogen-bond acceptors (Lipinski definition) is 3. The van der Waals surface area contributed by atoms with E-state index in [2.05, 4.69) is 22.1 Å². The van der Waals surface area contributed by atoms with Crippen LogP contribution in [-0.2, 0) is 4.79 Å². The van der Waals surface area contributed by atoms with Gasteiger partial charge < -0.3 is 10.2 Å². The summed E-state index contributed by atoms with van der Waals surface area (Å²) in [6.45, 7) is 7.22. The summed E-state index contributed by atoms with van der Waals surface area (Å²) in [7, 11) is 0. The van der Waals surface area contributed by atoms with Gasteiger partial charge in [-0.05, 0) is 43.0 Å². The highest BCUT2D eigenvalue weighted by Crippen LogP contribution is 2.27. The normalized spacial score (nSPS) is 20.4. The Bertz CT molecular complexity index is 777. The lowest BCUT2D eigenvalue weighted by Gasteiger charge is -2.38. The van der Waals surface area contributed by atoms with E-state index in [1.54, 1.807) is 26.1 Å². The van der Waals surface area contributed by atoms with Crippen LogP contribution in [0.5, 0.6) is 0 Å². The number of aromatic nitrogens is 1. The van der Waals surface area contributed by atoms with Crippen molar-refractivity contribution in [2.75, 3.05) is 18.0 Å². The van der Waals surface area contributed by atoms with Gasteiger partial charge >= 0.3 is 0 Å². The van der Waals surface area contributed by atoms with E-state index in [9.17, 15) is 9.18 Å². The average molecular weight is 341 g/mol. The van der Waals surface area contributed by atoms with Gasteiger partial charge in [-0.25, -0.2) is 4.39 Å². The Morgan fingerprint density at radius 2 is 2.12 bits per heavy atom. The second-order valence-corrected chi connectivity index (χ2v) is 6.88. The molecule has 2 unspecified atom stereocenters. The Kier molecular flexibility index (Phi) is 5.02. The fraction of sp³-hybridized carbons (Fsp3) is 0.400. The smallest absolute Gasteiger partial charge is 0.217 e. The molecule has 1 aliphatic rings. The number of aryl methyl sites for hydroxylation is 1. The molecule has 4 nitrogen and oxygen atoms in total. The molecule has 0 bridgehead atoms. The minimum Gasteiger partial charge on any atom is -0.371 e. The highest BCUT2D eigenvalue weighted by Gasteiger charge is 2.26. The first-order chi connectivity index (χ1) is 11.9. The van der Waals surface area contributed by atoms with E-state index in [0.717, 1.165) is 36.5 Å². The number of pyridine rings is 1. The molecule has 0 saturated carbocycles. The molecule has 132 valence electrons. The highest BCUT2D eigenvalue weighted by molar-refractivity contribution is 5.73. The first kappa shape index (κ1) is 17.4. The molecule has 1 amide bonds. The summed E-state index contributed by atoms with van der Waals surface area (Å²) in [5.41, 5.74) is 3.27. The number of carbonyl (C=O) groups excluding carboxylic acids is 1. The molecule has 2 aromatic rings. The van der Waals surface area contributed by atoms with Gasteiger partial charge in [0.2, 0.25) is 5.91 Å². The van der Waals surface area contributed by atoms with Gasteiger partial charge in [0, 0.05) is 43.5 Å². The SMILES string of the molecule is CC(=O)NC1CCN(c2ccnc(-c3ccc(C)c(F)c3)c2)CC1C. The van der Waals surface area contributed by atoms with Crippen molar-refractivity contribution in [3.63, 3.8) is 0 Å². The maximum absolute atomic E-state index is 13.8. The fourth-order valence-corrected chi connectivity index (χ4v) is 3.38. The van der Waals surface area contributed by atoms with Crippen LogP contribution in [0.4, 0.5) is 10.1 Å². The quantitative estimate of drug-likeness (QED) is 0.929. The van der Waals surface area contributed by atoms with E-state index in [4.69, 9.17) is 0 Å². The number of carbonyl (C=O) groups is 1. The molecule has 5 heteroatoms. The molecule has 1 saturated heterocycles. The predicted molar refractivity (Wildman–Crippen MR) is 98.0 cm³/mol. The molecule has 0 spiro atoms. The second kappa shape index (κ2) is 7.21. The Balaban J connectivity index is 1.78. The Labute approximate surface area is 148 Å². The summed E-state index contributed by atoms with van der Waals surface area (Å²) >= 11 is 0. The number of nitrogens with zero attached hydrogens (tertiary/aromatic N) is 2. The number of hydrogen-bond donors (Lipinski definition) is 1. The van der Waals surface area contributed by atoms with Gasteiger partial charge in [-0.15, -0.1) is 0 Å². The van der Waals surface area contributed by atoms with Crippen LogP contribution in [0.25, 0.3) is 11.3 Å². The van der Waals surface area contributed by atoms with Crippen LogP contribution >= 0.6 is 0 Å². The average Bonchev–Trinajstić information content (AvgIpc) is 2.59. The van der Waals surface area contributed by atoms with Crippen LogP contribution in [0.15, 0.2) is 36.5 Å². The third-order valence-electron chi connectivity index (χ3n) is 4.87. The zero-order chi connectivity index (χ0) is 18.0. The molecule has 1 aromatic carbocycles. The second-order valence-electron chi connectivity index (χ2n) is 6.88. The molecule has 2 heterocycles. The van der Waals surface area contributed by atoms with Crippen LogP contribution in [0.3, 0.4) is 0 Å². The zero-order valence-electron chi connectivity index (χ0n) is 14.9. The summed E-state index contributed by atoms with van der Waals surface area (Å²) in [5, 5.41) is 3.03. The van der Waals surface area contributed by atoms with Gasteiger partial charge in [-0.1, -0.05) is 19.1 Å². The lowest BCUT2D eigenvalue weighted by atomic mass is 9.93. The minimum atomic E-state index is -0.213. The molecule has 1 N–H and O–H groups in total. The van der Waals surface area contributed by atoms with Crippen molar-refractivity contribution in [2.45, 2.75) is 33.2 Å².